The summed E-state index contributed by atoms with van der Waals surface area (Å²) in [5, 5.41) is 22.9. The molecule has 9 heteroatoms. The zero-order valence-corrected chi connectivity index (χ0v) is 16.6. The molecule has 4 rings (SSSR count). The highest BCUT2D eigenvalue weighted by Crippen LogP contribution is 2.35. The van der Waals surface area contributed by atoms with Gasteiger partial charge in [-0.2, -0.15) is 0 Å². The number of benzene rings is 2. The first kappa shape index (κ1) is 19.1. The fraction of sp³-hybridized carbons (Fsp3) is 0.250. The van der Waals surface area contributed by atoms with E-state index in [0.717, 1.165) is 36.6 Å². The van der Waals surface area contributed by atoms with Crippen LogP contribution in [0.25, 0.3) is 0 Å². The average molecular weight is 409 g/mol. The molecule has 0 radical (unpaired) electrons. The van der Waals surface area contributed by atoms with Crippen LogP contribution >= 0.6 is 11.8 Å². The van der Waals surface area contributed by atoms with E-state index in [2.05, 4.69) is 21.6 Å². The number of carbonyl (C=O) groups is 1. The maximum atomic E-state index is 12.8. The normalized spacial score (nSPS) is 15.6. The van der Waals surface area contributed by atoms with Gasteiger partial charge in [0, 0.05) is 18.7 Å². The van der Waals surface area contributed by atoms with Crippen LogP contribution in [0.5, 0.6) is 0 Å². The Labute approximate surface area is 171 Å². The van der Waals surface area contributed by atoms with Gasteiger partial charge in [0.2, 0.25) is 0 Å². The smallest absolute Gasteiger partial charge is 0.284 e. The largest absolute Gasteiger partial charge is 0.345 e. The Kier molecular flexibility index (Phi) is 5.30. The Morgan fingerprint density at radius 3 is 2.90 bits per heavy atom. The topological polar surface area (TPSA) is 103 Å². The van der Waals surface area contributed by atoms with Gasteiger partial charge in [0.25, 0.3) is 11.6 Å². The number of nitrogens with zero attached hydrogens (tertiary/aromatic N) is 4. The molecule has 8 nitrogen and oxygen atoms in total. The van der Waals surface area contributed by atoms with Gasteiger partial charge in [-0.05, 0) is 54.3 Å². The van der Waals surface area contributed by atoms with Crippen molar-refractivity contribution in [2.24, 2.45) is 7.05 Å². The maximum Gasteiger partial charge on any atom is 0.284 e. The first-order valence-electron chi connectivity index (χ1n) is 9.22. The van der Waals surface area contributed by atoms with Crippen LogP contribution in [0.1, 0.15) is 40.4 Å². The van der Waals surface area contributed by atoms with E-state index >= 15 is 0 Å². The molecule has 1 N–H and O–H groups in total. The second-order valence-electron chi connectivity index (χ2n) is 6.88. The van der Waals surface area contributed by atoms with Gasteiger partial charge in [-0.1, -0.05) is 24.3 Å². The summed E-state index contributed by atoms with van der Waals surface area (Å²) in [5.74, 6) is -0.315. The summed E-state index contributed by atoms with van der Waals surface area (Å²) in [5.41, 5.74) is 2.50. The standard InChI is InChI=1S/C20H19N5O3S/c1-24-12-21-23-20(24)29-18-10-9-14(11-17(18)25(27)28)19(26)22-16-8-4-6-13-5-2-3-7-15(13)16/h2-3,5,7,9-12,16H,4,6,8H2,1H3,(H,22,26). The number of nitro benzene ring substituents is 1. The van der Waals surface area contributed by atoms with Crippen LogP contribution in [-0.2, 0) is 13.5 Å². The Morgan fingerprint density at radius 1 is 1.31 bits per heavy atom. The third kappa shape index (κ3) is 4.00. The summed E-state index contributed by atoms with van der Waals surface area (Å²) in [6, 6.07) is 12.5. The minimum Gasteiger partial charge on any atom is -0.345 e. The van der Waals surface area contributed by atoms with Crippen molar-refractivity contribution >= 4 is 23.4 Å². The van der Waals surface area contributed by atoms with E-state index in [0.29, 0.717) is 10.1 Å². The SMILES string of the molecule is Cn1cnnc1Sc1ccc(C(=O)NC2CCCc3ccccc32)cc1[N+](=O)[O-]. The molecule has 3 aromatic rings. The van der Waals surface area contributed by atoms with E-state index in [9.17, 15) is 14.9 Å². The van der Waals surface area contributed by atoms with Crippen molar-refractivity contribution < 1.29 is 9.72 Å². The minimum atomic E-state index is -0.481. The quantitative estimate of drug-likeness (QED) is 0.509. The van der Waals surface area contributed by atoms with Crippen molar-refractivity contribution in [3.63, 3.8) is 0 Å². The molecule has 1 unspecified atom stereocenters. The summed E-state index contributed by atoms with van der Waals surface area (Å²) in [6.45, 7) is 0. The molecule has 1 atom stereocenters. The zero-order valence-electron chi connectivity index (χ0n) is 15.7. The third-order valence-corrected chi connectivity index (χ3v) is 6.08. The third-order valence-electron chi connectivity index (χ3n) is 4.96. The molecule has 0 bridgehead atoms. The number of hydrogen-bond acceptors (Lipinski definition) is 6. The van der Waals surface area contributed by atoms with Gasteiger partial charge in [-0.15, -0.1) is 10.2 Å². The van der Waals surface area contributed by atoms with Gasteiger partial charge in [0.05, 0.1) is 15.9 Å². The molecule has 1 aromatic heterocycles. The lowest BCUT2D eigenvalue weighted by molar-refractivity contribution is -0.387. The Hall–Kier alpha value is -3.20. The lowest BCUT2D eigenvalue weighted by Crippen LogP contribution is -2.31. The molecule has 1 aliphatic rings. The number of carbonyl (C=O) groups excluding carboxylic acids is 1. The number of aryl methyl sites for hydroxylation is 2. The highest BCUT2D eigenvalue weighted by Gasteiger charge is 2.24. The average Bonchev–Trinajstić information content (AvgIpc) is 3.13. The second kappa shape index (κ2) is 8.04. The lowest BCUT2D eigenvalue weighted by Gasteiger charge is -2.26. The molecule has 1 aliphatic carbocycles. The number of nitrogens with one attached hydrogen (secondary N) is 1. The van der Waals surface area contributed by atoms with E-state index < -0.39 is 4.92 Å². The first-order valence-corrected chi connectivity index (χ1v) is 10.0. The molecule has 0 spiro atoms. The van der Waals surface area contributed by atoms with Gasteiger partial charge in [0.1, 0.15) is 6.33 Å². The van der Waals surface area contributed by atoms with Gasteiger partial charge in [-0.25, -0.2) is 0 Å². The highest BCUT2D eigenvalue weighted by atomic mass is 32.2. The summed E-state index contributed by atoms with van der Waals surface area (Å²) >= 11 is 1.14. The summed E-state index contributed by atoms with van der Waals surface area (Å²) in [6.07, 6.45) is 4.38. The molecule has 148 valence electrons. The summed E-state index contributed by atoms with van der Waals surface area (Å²) in [7, 11) is 1.76. The lowest BCUT2D eigenvalue weighted by atomic mass is 9.87. The molecule has 0 aliphatic heterocycles. The van der Waals surface area contributed by atoms with Crippen LogP contribution in [0.3, 0.4) is 0 Å². The van der Waals surface area contributed by atoms with Crippen molar-refractivity contribution in [2.45, 2.75) is 35.4 Å². The number of amides is 1. The number of fused-ring (bicyclic) bond motifs is 1. The maximum absolute atomic E-state index is 12.8. The van der Waals surface area contributed by atoms with Crippen LogP contribution in [0, 0.1) is 10.1 Å². The van der Waals surface area contributed by atoms with Crippen LogP contribution in [-0.4, -0.2) is 25.6 Å². The monoisotopic (exact) mass is 409 g/mol. The van der Waals surface area contributed by atoms with Crippen molar-refractivity contribution in [1.82, 2.24) is 20.1 Å². The molecule has 29 heavy (non-hydrogen) atoms. The number of nitro groups is 1. The van der Waals surface area contributed by atoms with Crippen LogP contribution in [0.4, 0.5) is 5.69 Å². The van der Waals surface area contributed by atoms with Gasteiger partial charge in [-0.3, -0.25) is 14.9 Å². The second-order valence-corrected chi connectivity index (χ2v) is 7.89. The first-order chi connectivity index (χ1) is 14.0. The summed E-state index contributed by atoms with van der Waals surface area (Å²) < 4.78 is 1.68. The van der Waals surface area contributed by atoms with E-state index in [1.165, 1.54) is 18.0 Å². The van der Waals surface area contributed by atoms with Gasteiger partial charge in [0.15, 0.2) is 5.16 Å². The minimum absolute atomic E-state index is 0.0841. The molecular formula is C20H19N5O3S. The number of rotatable bonds is 5. The molecule has 1 heterocycles. The van der Waals surface area contributed by atoms with Crippen LogP contribution in [0.15, 0.2) is 58.8 Å². The molecule has 0 saturated heterocycles. The van der Waals surface area contributed by atoms with E-state index in [-0.39, 0.29) is 23.2 Å². The number of hydrogen-bond donors (Lipinski definition) is 1. The highest BCUT2D eigenvalue weighted by molar-refractivity contribution is 7.99. The van der Waals surface area contributed by atoms with Crippen molar-refractivity contribution in [3.05, 3.63) is 75.6 Å². The van der Waals surface area contributed by atoms with Crippen molar-refractivity contribution in [1.29, 1.82) is 0 Å². The molecule has 1 amide bonds. The molecule has 2 aromatic carbocycles. The molecular weight excluding hydrogens is 390 g/mol. The van der Waals surface area contributed by atoms with E-state index in [4.69, 9.17) is 0 Å². The molecule has 0 saturated carbocycles. The number of aromatic nitrogens is 3. The Morgan fingerprint density at radius 2 is 2.14 bits per heavy atom. The van der Waals surface area contributed by atoms with E-state index in [1.807, 2.05) is 18.2 Å². The summed E-state index contributed by atoms with van der Waals surface area (Å²) in [4.78, 5) is 24.3. The fourth-order valence-corrected chi connectivity index (χ4v) is 4.35. The zero-order chi connectivity index (χ0) is 20.4. The predicted molar refractivity (Wildman–Crippen MR) is 108 cm³/mol. The van der Waals surface area contributed by atoms with Crippen LogP contribution < -0.4 is 5.32 Å². The molecule has 0 fully saturated rings. The van der Waals surface area contributed by atoms with Gasteiger partial charge >= 0.3 is 0 Å². The van der Waals surface area contributed by atoms with Crippen LogP contribution in [0.2, 0.25) is 0 Å². The van der Waals surface area contributed by atoms with E-state index in [1.54, 1.807) is 23.7 Å². The van der Waals surface area contributed by atoms with Gasteiger partial charge < -0.3 is 9.88 Å². The Balaban J connectivity index is 1.57. The van der Waals surface area contributed by atoms with Crippen molar-refractivity contribution in [3.8, 4) is 0 Å². The predicted octanol–water partition coefficient (Wildman–Crippen LogP) is 3.68. The fourth-order valence-electron chi connectivity index (χ4n) is 3.50. The Bertz CT molecular complexity index is 1080. The van der Waals surface area contributed by atoms with Crippen molar-refractivity contribution in [2.75, 3.05) is 0 Å².